The van der Waals surface area contributed by atoms with Crippen LogP contribution in [0.5, 0.6) is 0 Å². The Morgan fingerprint density at radius 3 is 2.48 bits per heavy atom. The van der Waals surface area contributed by atoms with Crippen LogP contribution >= 0.6 is 11.6 Å². The average Bonchev–Trinajstić information content (AvgIpc) is 2.96. The first kappa shape index (κ1) is 20.3. The molecule has 1 N–H and O–H groups in total. The van der Waals surface area contributed by atoms with Crippen molar-refractivity contribution in [2.45, 2.75) is 20.8 Å². The van der Waals surface area contributed by atoms with E-state index >= 15 is 0 Å². The molecule has 0 radical (unpaired) electrons. The predicted molar refractivity (Wildman–Crippen MR) is 113 cm³/mol. The molecule has 0 aliphatic rings. The summed E-state index contributed by atoms with van der Waals surface area (Å²) < 4.78 is 2.10. The molecule has 148 valence electrons. The number of aromatic nitrogens is 1. The lowest BCUT2D eigenvalue weighted by Gasteiger charge is -2.09. The molecule has 0 spiro atoms. The topological polar surface area (TPSA) is 89.5 Å². The van der Waals surface area contributed by atoms with Gasteiger partial charge in [0, 0.05) is 34.3 Å². The van der Waals surface area contributed by atoms with E-state index in [0.29, 0.717) is 0 Å². The van der Waals surface area contributed by atoms with Gasteiger partial charge in [-0.05, 0) is 51.1 Å². The molecule has 8 heteroatoms. The van der Waals surface area contributed by atoms with E-state index in [-0.39, 0.29) is 16.3 Å². The molecule has 3 aromatic rings. The lowest BCUT2D eigenvalue weighted by molar-refractivity contribution is -0.384. The lowest BCUT2D eigenvalue weighted by Crippen LogP contribution is -2.17. The number of halogens is 1. The molecule has 7 nitrogen and oxygen atoms in total. The van der Waals surface area contributed by atoms with Gasteiger partial charge >= 0.3 is 0 Å². The third-order valence-electron chi connectivity index (χ3n) is 4.54. The van der Waals surface area contributed by atoms with Crippen LogP contribution in [-0.4, -0.2) is 21.6 Å². The van der Waals surface area contributed by atoms with E-state index < -0.39 is 10.8 Å². The second kappa shape index (κ2) is 8.28. The number of hydrogen-bond donors (Lipinski definition) is 1. The van der Waals surface area contributed by atoms with Crippen LogP contribution in [0.15, 0.2) is 53.6 Å². The monoisotopic (exact) mass is 410 g/mol. The highest BCUT2D eigenvalue weighted by molar-refractivity contribution is 6.32. The van der Waals surface area contributed by atoms with Crippen molar-refractivity contribution in [2.75, 3.05) is 0 Å². The number of benzene rings is 2. The van der Waals surface area contributed by atoms with Gasteiger partial charge in [0.05, 0.1) is 11.1 Å². The molecule has 3 rings (SSSR count). The quantitative estimate of drug-likeness (QED) is 0.374. The van der Waals surface area contributed by atoms with Gasteiger partial charge in [0.25, 0.3) is 11.6 Å². The van der Waals surface area contributed by atoms with Crippen LogP contribution in [-0.2, 0) is 0 Å². The fourth-order valence-electron chi connectivity index (χ4n) is 3.03. The van der Waals surface area contributed by atoms with Crippen LogP contribution in [0, 0.1) is 30.9 Å². The molecule has 0 atom stereocenters. The van der Waals surface area contributed by atoms with Gasteiger partial charge in [-0.15, -0.1) is 0 Å². The second-order valence-corrected chi connectivity index (χ2v) is 7.03. The number of nitro groups is 1. The summed E-state index contributed by atoms with van der Waals surface area (Å²) in [6, 6.07) is 14.0. The van der Waals surface area contributed by atoms with Crippen molar-refractivity contribution >= 4 is 29.4 Å². The Balaban J connectivity index is 1.78. The Morgan fingerprint density at radius 2 is 1.83 bits per heavy atom. The van der Waals surface area contributed by atoms with Gasteiger partial charge in [-0.3, -0.25) is 14.9 Å². The summed E-state index contributed by atoms with van der Waals surface area (Å²) in [4.78, 5) is 22.6. The van der Waals surface area contributed by atoms with Crippen molar-refractivity contribution in [2.24, 2.45) is 5.10 Å². The maximum absolute atomic E-state index is 12.2. The van der Waals surface area contributed by atoms with E-state index in [1.165, 1.54) is 17.7 Å². The maximum atomic E-state index is 12.2. The molecule has 0 fully saturated rings. The highest BCUT2D eigenvalue weighted by Crippen LogP contribution is 2.25. The summed E-state index contributed by atoms with van der Waals surface area (Å²) in [5, 5.41) is 14.9. The zero-order valence-corrected chi connectivity index (χ0v) is 16.9. The third-order valence-corrected chi connectivity index (χ3v) is 4.86. The molecular formula is C21H19ClN4O3. The van der Waals surface area contributed by atoms with E-state index in [1.54, 1.807) is 6.21 Å². The van der Waals surface area contributed by atoms with Crippen LogP contribution in [0.2, 0.25) is 5.02 Å². The van der Waals surface area contributed by atoms with Gasteiger partial charge in [0.1, 0.15) is 5.02 Å². The number of carbonyl (C=O) groups is 1. The summed E-state index contributed by atoms with van der Waals surface area (Å²) in [6.45, 7) is 6.00. The second-order valence-electron chi connectivity index (χ2n) is 6.62. The van der Waals surface area contributed by atoms with E-state index in [1.807, 2.05) is 51.1 Å². The van der Waals surface area contributed by atoms with Gasteiger partial charge in [-0.2, -0.15) is 5.10 Å². The number of rotatable bonds is 5. The SMILES string of the molecule is Cc1ccc(-n2c(C)cc(/C=N\NC(=O)c3ccc(Cl)c([N+](=O)[O-])c3)c2C)cc1. The number of nitro benzene ring substituents is 1. The van der Waals surface area contributed by atoms with Gasteiger partial charge < -0.3 is 4.57 Å². The van der Waals surface area contributed by atoms with Gasteiger partial charge in [-0.25, -0.2) is 5.43 Å². The summed E-state index contributed by atoms with van der Waals surface area (Å²) >= 11 is 5.77. The van der Waals surface area contributed by atoms with Gasteiger partial charge in [-0.1, -0.05) is 29.3 Å². The van der Waals surface area contributed by atoms with Crippen molar-refractivity contribution in [3.63, 3.8) is 0 Å². The molecule has 0 saturated heterocycles. The molecule has 0 aliphatic heterocycles. The van der Waals surface area contributed by atoms with Gasteiger partial charge in [0.15, 0.2) is 0 Å². The van der Waals surface area contributed by atoms with Gasteiger partial charge in [0.2, 0.25) is 0 Å². The minimum atomic E-state index is -0.637. The van der Waals surface area contributed by atoms with E-state index in [4.69, 9.17) is 11.6 Å². The largest absolute Gasteiger partial charge is 0.318 e. The first-order chi connectivity index (χ1) is 13.8. The van der Waals surface area contributed by atoms with Crippen molar-refractivity contribution in [1.29, 1.82) is 0 Å². The number of nitrogens with one attached hydrogen (secondary N) is 1. The van der Waals surface area contributed by atoms with Crippen LogP contribution in [0.3, 0.4) is 0 Å². The third kappa shape index (κ3) is 4.35. The first-order valence-electron chi connectivity index (χ1n) is 8.81. The molecule has 0 saturated carbocycles. The van der Waals surface area contributed by atoms with Crippen LogP contribution < -0.4 is 5.43 Å². The number of hydrazone groups is 1. The van der Waals surface area contributed by atoms with E-state index in [9.17, 15) is 14.9 Å². The Labute approximate surface area is 172 Å². The highest BCUT2D eigenvalue weighted by Gasteiger charge is 2.16. The van der Waals surface area contributed by atoms with E-state index in [2.05, 4.69) is 15.1 Å². The minimum Gasteiger partial charge on any atom is -0.318 e. The van der Waals surface area contributed by atoms with Crippen LogP contribution in [0.1, 0.15) is 32.9 Å². The average molecular weight is 411 g/mol. The summed E-state index contributed by atoms with van der Waals surface area (Å²) in [5.41, 5.74) is 7.26. The summed E-state index contributed by atoms with van der Waals surface area (Å²) in [6.07, 6.45) is 1.55. The number of amides is 1. The molecule has 1 heterocycles. The van der Waals surface area contributed by atoms with Crippen molar-refractivity contribution in [1.82, 2.24) is 9.99 Å². The summed E-state index contributed by atoms with van der Waals surface area (Å²) in [7, 11) is 0. The Bertz CT molecular complexity index is 1120. The number of hydrogen-bond acceptors (Lipinski definition) is 4. The summed E-state index contributed by atoms with van der Waals surface area (Å²) in [5.74, 6) is -0.562. The number of carbonyl (C=O) groups excluding carboxylic acids is 1. The zero-order chi connectivity index (χ0) is 21.1. The fourth-order valence-corrected chi connectivity index (χ4v) is 3.21. The molecule has 0 aliphatic carbocycles. The molecule has 0 bridgehead atoms. The minimum absolute atomic E-state index is 0.0291. The lowest BCUT2D eigenvalue weighted by atomic mass is 10.2. The Kier molecular flexibility index (Phi) is 5.79. The first-order valence-corrected chi connectivity index (χ1v) is 9.19. The van der Waals surface area contributed by atoms with Crippen molar-refractivity contribution in [3.8, 4) is 5.69 Å². The van der Waals surface area contributed by atoms with Crippen LogP contribution in [0.4, 0.5) is 5.69 Å². The molecule has 2 aromatic carbocycles. The zero-order valence-electron chi connectivity index (χ0n) is 16.1. The maximum Gasteiger partial charge on any atom is 0.288 e. The normalized spacial score (nSPS) is 11.0. The standard InChI is InChI=1S/C21H19ClN4O3/c1-13-4-7-18(8-5-13)25-14(2)10-17(15(25)3)12-23-24-21(27)16-6-9-19(22)20(11-16)26(28)29/h4-12H,1-3H3,(H,24,27)/b23-12-. The molecule has 0 unspecified atom stereocenters. The smallest absolute Gasteiger partial charge is 0.288 e. The number of nitrogens with zero attached hydrogens (tertiary/aromatic N) is 3. The van der Waals surface area contributed by atoms with Crippen LogP contribution in [0.25, 0.3) is 5.69 Å². The molecule has 29 heavy (non-hydrogen) atoms. The Morgan fingerprint density at radius 1 is 1.14 bits per heavy atom. The van der Waals surface area contributed by atoms with Crippen molar-refractivity contribution in [3.05, 3.63) is 91.7 Å². The fraction of sp³-hybridized carbons (Fsp3) is 0.143. The highest BCUT2D eigenvalue weighted by atomic mass is 35.5. The number of aryl methyl sites for hydroxylation is 2. The van der Waals surface area contributed by atoms with Crippen molar-refractivity contribution < 1.29 is 9.72 Å². The molecule has 1 amide bonds. The Hall–Kier alpha value is -3.45. The molecule has 1 aromatic heterocycles. The molecular weight excluding hydrogens is 392 g/mol. The van der Waals surface area contributed by atoms with E-state index in [0.717, 1.165) is 28.7 Å². The predicted octanol–water partition coefficient (Wildman–Crippen LogP) is 4.73.